The third-order valence-corrected chi connectivity index (χ3v) is 5.07. The zero-order chi connectivity index (χ0) is 22.6. The van der Waals surface area contributed by atoms with Crippen molar-refractivity contribution in [2.45, 2.75) is 50.3 Å². The number of amides is 1. The Kier molecular flexibility index (Phi) is 9.82. The van der Waals surface area contributed by atoms with E-state index in [4.69, 9.17) is 9.47 Å². The first-order chi connectivity index (χ1) is 14.9. The first kappa shape index (κ1) is 24.2. The second kappa shape index (κ2) is 12.6. The number of unbranched alkanes of at least 4 members (excludes halogenated alkanes) is 2. The number of rotatable bonds is 12. The van der Waals surface area contributed by atoms with Gasteiger partial charge in [-0.15, -0.1) is 0 Å². The van der Waals surface area contributed by atoms with E-state index in [1.807, 2.05) is 19.1 Å². The molecule has 11 heteroatoms. The lowest BCUT2D eigenvalue weighted by Crippen LogP contribution is -2.30. The van der Waals surface area contributed by atoms with Gasteiger partial charge in [-0.2, -0.15) is 10.2 Å². The standard InChI is InChI=1S/C20H27N5O5S/c1-4-6-7-10-30-15-9-8-14(11-16(15)29-5-2)12-21-23-17(26)13(3)31-19-18(27)22-20(28)25-24-19/h8-9,11-13H,4-7,10H2,1-3H3,(H,23,26)(H2,22,25,27,28)/b21-12+. The Morgan fingerprint density at radius 2 is 2.06 bits per heavy atom. The molecule has 0 saturated heterocycles. The number of aromatic amines is 2. The van der Waals surface area contributed by atoms with E-state index in [2.05, 4.69) is 32.6 Å². The summed E-state index contributed by atoms with van der Waals surface area (Å²) < 4.78 is 11.4. The summed E-state index contributed by atoms with van der Waals surface area (Å²) in [6, 6.07) is 5.41. The molecular weight excluding hydrogens is 422 g/mol. The number of ether oxygens (including phenoxy) is 2. The number of hydrazone groups is 1. The Hall–Kier alpha value is -3.08. The fraction of sp³-hybridized carbons (Fsp3) is 0.450. The second-order valence-electron chi connectivity index (χ2n) is 6.50. The summed E-state index contributed by atoms with van der Waals surface area (Å²) in [4.78, 5) is 36.9. The highest BCUT2D eigenvalue weighted by Crippen LogP contribution is 2.28. The Bertz CT molecular complexity index is 1000. The van der Waals surface area contributed by atoms with Gasteiger partial charge in [-0.05, 0) is 44.0 Å². The zero-order valence-electron chi connectivity index (χ0n) is 17.8. The molecule has 0 aliphatic rings. The van der Waals surface area contributed by atoms with Crippen LogP contribution in [-0.2, 0) is 4.79 Å². The van der Waals surface area contributed by atoms with E-state index in [1.165, 1.54) is 6.21 Å². The smallest absolute Gasteiger partial charge is 0.342 e. The van der Waals surface area contributed by atoms with Crippen LogP contribution in [0.25, 0.3) is 0 Å². The summed E-state index contributed by atoms with van der Waals surface area (Å²) in [7, 11) is 0. The molecule has 2 rings (SSSR count). The van der Waals surface area contributed by atoms with E-state index in [0.717, 1.165) is 36.6 Å². The van der Waals surface area contributed by atoms with Crippen molar-refractivity contribution in [3.63, 3.8) is 0 Å². The average molecular weight is 450 g/mol. The fourth-order valence-electron chi connectivity index (χ4n) is 2.43. The number of benzene rings is 1. The van der Waals surface area contributed by atoms with Gasteiger partial charge in [0.15, 0.2) is 16.5 Å². The van der Waals surface area contributed by atoms with Crippen molar-refractivity contribution in [3.05, 3.63) is 44.6 Å². The van der Waals surface area contributed by atoms with Gasteiger partial charge in [-0.25, -0.2) is 15.3 Å². The average Bonchev–Trinajstić information content (AvgIpc) is 2.74. The summed E-state index contributed by atoms with van der Waals surface area (Å²) in [5.41, 5.74) is 1.78. The molecule has 1 atom stereocenters. The number of carbonyl (C=O) groups is 1. The first-order valence-corrected chi connectivity index (χ1v) is 10.9. The van der Waals surface area contributed by atoms with Crippen molar-refractivity contribution < 1.29 is 14.3 Å². The van der Waals surface area contributed by atoms with Gasteiger partial charge in [0.05, 0.1) is 24.7 Å². The minimum Gasteiger partial charge on any atom is -0.490 e. The molecule has 1 heterocycles. The molecule has 0 bridgehead atoms. The van der Waals surface area contributed by atoms with Crippen LogP contribution in [0.15, 0.2) is 37.9 Å². The molecule has 3 N–H and O–H groups in total. The molecule has 0 spiro atoms. The van der Waals surface area contributed by atoms with Crippen molar-refractivity contribution in [1.82, 2.24) is 20.6 Å². The van der Waals surface area contributed by atoms with Crippen molar-refractivity contribution in [2.24, 2.45) is 5.10 Å². The normalized spacial score (nSPS) is 12.0. The van der Waals surface area contributed by atoms with Gasteiger partial charge in [-0.3, -0.25) is 14.6 Å². The van der Waals surface area contributed by atoms with E-state index < -0.39 is 22.4 Å². The molecule has 2 aromatic rings. The predicted molar refractivity (Wildman–Crippen MR) is 119 cm³/mol. The zero-order valence-corrected chi connectivity index (χ0v) is 18.6. The lowest BCUT2D eigenvalue weighted by atomic mass is 10.2. The fourth-order valence-corrected chi connectivity index (χ4v) is 3.18. The Balaban J connectivity index is 1.95. The highest BCUT2D eigenvalue weighted by molar-refractivity contribution is 8.00. The molecule has 168 valence electrons. The Labute approximate surface area is 183 Å². The SMILES string of the molecule is CCCCCOc1ccc(/C=N/NC(=O)C(C)Sc2n[nH]c(=O)[nH]c2=O)cc1OCC. The van der Waals surface area contributed by atoms with Crippen LogP contribution in [0.5, 0.6) is 11.5 Å². The Morgan fingerprint density at radius 1 is 1.26 bits per heavy atom. The molecular formula is C20H27N5O5S. The van der Waals surface area contributed by atoms with Gasteiger partial charge < -0.3 is 9.47 Å². The number of hydrogen-bond acceptors (Lipinski definition) is 8. The number of nitrogens with zero attached hydrogens (tertiary/aromatic N) is 2. The van der Waals surface area contributed by atoms with Gasteiger partial charge in [0, 0.05) is 0 Å². The molecule has 0 radical (unpaired) electrons. The number of carbonyl (C=O) groups excluding carboxylic acids is 1. The second-order valence-corrected chi connectivity index (χ2v) is 7.83. The Morgan fingerprint density at radius 3 is 2.77 bits per heavy atom. The minimum atomic E-state index is -0.708. The third kappa shape index (κ3) is 7.93. The number of nitrogens with one attached hydrogen (secondary N) is 3. The quantitative estimate of drug-likeness (QED) is 0.195. The number of hydrogen-bond donors (Lipinski definition) is 3. The van der Waals surface area contributed by atoms with Gasteiger partial charge in [0.1, 0.15) is 0 Å². The van der Waals surface area contributed by atoms with Gasteiger partial charge in [0.2, 0.25) is 0 Å². The topological polar surface area (TPSA) is 139 Å². The van der Waals surface area contributed by atoms with Crippen LogP contribution in [0.2, 0.25) is 0 Å². The van der Waals surface area contributed by atoms with Gasteiger partial charge in [0.25, 0.3) is 11.5 Å². The molecule has 0 aliphatic carbocycles. The summed E-state index contributed by atoms with van der Waals surface area (Å²) in [5, 5.41) is 9.05. The molecule has 0 saturated carbocycles. The molecule has 0 fully saturated rings. The van der Waals surface area contributed by atoms with Crippen LogP contribution < -0.4 is 26.1 Å². The van der Waals surface area contributed by atoms with Crippen LogP contribution in [0.1, 0.15) is 45.6 Å². The number of H-pyrrole nitrogens is 2. The maximum absolute atomic E-state index is 12.2. The molecule has 0 aliphatic heterocycles. The maximum atomic E-state index is 12.2. The predicted octanol–water partition coefficient (Wildman–Crippen LogP) is 2.06. The highest BCUT2D eigenvalue weighted by Gasteiger charge is 2.17. The van der Waals surface area contributed by atoms with E-state index in [0.29, 0.717) is 24.7 Å². The molecule has 1 unspecified atom stereocenters. The molecule has 1 aromatic heterocycles. The molecule has 1 aromatic carbocycles. The van der Waals surface area contributed by atoms with E-state index in [9.17, 15) is 14.4 Å². The van der Waals surface area contributed by atoms with Crippen molar-refractivity contribution in [3.8, 4) is 11.5 Å². The summed E-state index contributed by atoms with van der Waals surface area (Å²) in [6.45, 7) is 6.75. The summed E-state index contributed by atoms with van der Waals surface area (Å²) in [5.74, 6) is 0.860. The van der Waals surface area contributed by atoms with Crippen molar-refractivity contribution >= 4 is 23.9 Å². The van der Waals surface area contributed by atoms with Crippen LogP contribution in [0, 0.1) is 0 Å². The van der Waals surface area contributed by atoms with Gasteiger partial charge in [-0.1, -0.05) is 31.5 Å². The van der Waals surface area contributed by atoms with Crippen molar-refractivity contribution in [1.29, 1.82) is 0 Å². The number of aromatic nitrogens is 3. The largest absolute Gasteiger partial charge is 0.490 e. The molecule has 10 nitrogen and oxygen atoms in total. The van der Waals surface area contributed by atoms with Crippen molar-refractivity contribution in [2.75, 3.05) is 13.2 Å². The van der Waals surface area contributed by atoms with Crippen LogP contribution in [0.4, 0.5) is 0 Å². The lowest BCUT2D eigenvalue weighted by molar-refractivity contribution is -0.120. The van der Waals surface area contributed by atoms with Gasteiger partial charge >= 0.3 is 5.69 Å². The van der Waals surface area contributed by atoms with Crippen LogP contribution in [-0.4, -0.2) is 45.8 Å². The van der Waals surface area contributed by atoms with E-state index in [-0.39, 0.29) is 5.03 Å². The number of thioether (sulfide) groups is 1. The van der Waals surface area contributed by atoms with E-state index >= 15 is 0 Å². The lowest BCUT2D eigenvalue weighted by Gasteiger charge is -2.12. The van der Waals surface area contributed by atoms with E-state index in [1.54, 1.807) is 13.0 Å². The first-order valence-electron chi connectivity index (χ1n) is 10.0. The molecule has 1 amide bonds. The van der Waals surface area contributed by atoms with Crippen LogP contribution >= 0.6 is 11.8 Å². The third-order valence-electron chi connectivity index (χ3n) is 4.00. The highest BCUT2D eigenvalue weighted by atomic mass is 32.2. The van der Waals surface area contributed by atoms with Crippen LogP contribution in [0.3, 0.4) is 0 Å². The summed E-state index contributed by atoms with van der Waals surface area (Å²) >= 11 is 0.908. The monoisotopic (exact) mass is 449 g/mol. The summed E-state index contributed by atoms with van der Waals surface area (Å²) in [6.07, 6.45) is 4.70. The maximum Gasteiger partial charge on any atom is 0.342 e. The minimum absolute atomic E-state index is 0.0119. The molecule has 31 heavy (non-hydrogen) atoms.